The summed E-state index contributed by atoms with van der Waals surface area (Å²) in [4.78, 5) is 34.6. The van der Waals surface area contributed by atoms with Crippen molar-refractivity contribution in [3.8, 4) is 10.4 Å². The van der Waals surface area contributed by atoms with Crippen LogP contribution in [0.3, 0.4) is 0 Å². The van der Waals surface area contributed by atoms with E-state index in [1.54, 1.807) is 24.3 Å². The number of hydrogen-bond acceptors (Lipinski definition) is 11. The number of aryl methyl sites for hydroxylation is 2. The number of benzene rings is 1. The van der Waals surface area contributed by atoms with Crippen LogP contribution in [0.25, 0.3) is 10.4 Å². The Kier molecular flexibility index (Phi) is 13.7. The van der Waals surface area contributed by atoms with Gasteiger partial charge in [0.1, 0.15) is 17.7 Å². The molecular weight excluding hydrogens is 610 g/mol. The molecule has 2 amide bonds. The number of carbonyl (C=O) groups is 2. The Labute approximate surface area is 274 Å². The predicted molar refractivity (Wildman–Crippen MR) is 174 cm³/mol. The van der Waals surface area contributed by atoms with Gasteiger partial charge in [-0.15, -0.1) is 11.3 Å². The van der Waals surface area contributed by atoms with E-state index in [-0.39, 0.29) is 37.3 Å². The van der Waals surface area contributed by atoms with Crippen molar-refractivity contribution < 1.29 is 33.4 Å². The van der Waals surface area contributed by atoms with Gasteiger partial charge in [-0.25, -0.2) is 4.98 Å². The van der Waals surface area contributed by atoms with Crippen molar-refractivity contribution >= 4 is 23.2 Å². The number of likely N-dealkylation sites (N-methyl/N-ethyl adjacent to an activating group) is 1. The van der Waals surface area contributed by atoms with Crippen LogP contribution < -0.4 is 10.6 Å². The fourth-order valence-corrected chi connectivity index (χ4v) is 6.31. The summed E-state index contributed by atoms with van der Waals surface area (Å²) in [6, 6.07) is 8.35. The number of amides is 2. The number of aliphatic hydroxyl groups is 1. The number of β-amino-alcohol motifs (C(OH)–C–C–N with tert-alkyl or cyclic N) is 1. The van der Waals surface area contributed by atoms with Gasteiger partial charge in [0, 0.05) is 25.6 Å². The first-order chi connectivity index (χ1) is 22.2. The number of aliphatic hydroxyl groups excluding tert-OH is 1. The summed E-state index contributed by atoms with van der Waals surface area (Å²) >= 11 is 1.58. The van der Waals surface area contributed by atoms with Gasteiger partial charge in [-0.05, 0) is 37.9 Å². The van der Waals surface area contributed by atoms with Gasteiger partial charge in [0.2, 0.25) is 11.8 Å². The van der Waals surface area contributed by atoms with Gasteiger partial charge >= 0.3 is 0 Å². The maximum atomic E-state index is 13.9. The number of nitrogens with zero attached hydrogens (tertiary/aromatic N) is 3. The van der Waals surface area contributed by atoms with E-state index in [9.17, 15) is 14.7 Å². The van der Waals surface area contributed by atoms with Crippen molar-refractivity contribution in [2.24, 2.45) is 5.92 Å². The predicted octanol–water partition coefficient (Wildman–Crippen LogP) is 3.24. The molecule has 13 heteroatoms. The highest BCUT2D eigenvalue weighted by molar-refractivity contribution is 7.13. The fraction of sp³-hybridized carbons (Fsp3) is 0.576. The molecule has 0 spiro atoms. The van der Waals surface area contributed by atoms with Crippen molar-refractivity contribution in [1.29, 1.82) is 0 Å². The third-order valence-electron chi connectivity index (χ3n) is 7.91. The number of thiazole rings is 1. The molecule has 4 rings (SSSR count). The normalized spacial score (nSPS) is 17.8. The molecule has 1 aliphatic rings. The van der Waals surface area contributed by atoms with E-state index < -0.39 is 24.1 Å². The number of aromatic nitrogens is 2. The Bertz CT molecular complexity index is 1380. The molecule has 3 N–H and O–H groups in total. The third-order valence-corrected chi connectivity index (χ3v) is 8.89. The quantitative estimate of drug-likeness (QED) is 0.174. The lowest BCUT2D eigenvalue weighted by atomic mass is 9.91. The average Bonchev–Trinajstić information content (AvgIpc) is 3.77. The van der Waals surface area contributed by atoms with Crippen molar-refractivity contribution in [2.45, 2.75) is 58.2 Å². The molecule has 4 atom stereocenters. The maximum absolute atomic E-state index is 13.9. The number of ether oxygens (including phenoxy) is 3. The summed E-state index contributed by atoms with van der Waals surface area (Å²) in [5.74, 6) is -0.908. The minimum absolute atomic E-state index is 0.0628. The second-order valence-electron chi connectivity index (χ2n) is 11.8. The van der Waals surface area contributed by atoms with Gasteiger partial charge in [-0.1, -0.05) is 43.3 Å². The molecule has 1 saturated heterocycles. The van der Waals surface area contributed by atoms with Gasteiger partial charge in [0.25, 0.3) is 0 Å². The Hall–Kier alpha value is -3.20. The molecule has 3 aromatic rings. The van der Waals surface area contributed by atoms with Crippen molar-refractivity contribution in [3.05, 3.63) is 58.6 Å². The zero-order valence-electron chi connectivity index (χ0n) is 27.4. The topological polar surface area (TPSA) is 148 Å². The van der Waals surface area contributed by atoms with E-state index >= 15 is 0 Å². The van der Waals surface area contributed by atoms with Crippen LogP contribution in [0.15, 0.2) is 40.4 Å². The maximum Gasteiger partial charge on any atom is 0.243 e. The summed E-state index contributed by atoms with van der Waals surface area (Å²) in [5, 5.41) is 20.7. The van der Waals surface area contributed by atoms with Crippen LogP contribution in [0.2, 0.25) is 0 Å². The first-order valence-electron chi connectivity index (χ1n) is 15.8. The number of nitrogens with one attached hydrogen (secondary N) is 2. The Morgan fingerprint density at radius 2 is 1.78 bits per heavy atom. The minimum atomic E-state index is -0.847. The summed E-state index contributed by atoms with van der Waals surface area (Å²) in [7, 11) is 1.87. The molecule has 46 heavy (non-hydrogen) atoms. The first kappa shape index (κ1) is 35.7. The largest absolute Gasteiger partial charge is 0.391 e. The monoisotopic (exact) mass is 657 g/mol. The van der Waals surface area contributed by atoms with Crippen LogP contribution >= 0.6 is 11.3 Å². The van der Waals surface area contributed by atoms with Gasteiger partial charge in [0.05, 0.1) is 73.6 Å². The van der Waals surface area contributed by atoms with E-state index in [2.05, 4.69) is 20.8 Å². The molecule has 12 nitrogen and oxygen atoms in total. The number of likely N-dealkylation sites (tertiary alicyclic amines) is 1. The van der Waals surface area contributed by atoms with Gasteiger partial charge in [-0.2, -0.15) is 0 Å². The molecule has 0 bridgehead atoms. The molecule has 0 saturated carbocycles. The van der Waals surface area contributed by atoms with Crippen molar-refractivity contribution in [2.75, 3.05) is 59.8 Å². The molecule has 1 aliphatic heterocycles. The molecule has 2 aromatic heterocycles. The molecule has 0 radical (unpaired) electrons. The second kappa shape index (κ2) is 17.6. The SMILES string of the molecule is CNCCOCCOCCOC[C@H](NC(=O)[C@@H]1C[C@@H](O)CN1C(=O)C(c1cc(C)no1)C(C)C)c1ccc(-c2scnc2C)cc1. The van der Waals surface area contributed by atoms with Crippen molar-refractivity contribution in [1.82, 2.24) is 25.7 Å². The highest BCUT2D eigenvalue weighted by Crippen LogP contribution is 2.32. The zero-order valence-corrected chi connectivity index (χ0v) is 28.2. The summed E-state index contributed by atoms with van der Waals surface area (Å²) in [5.41, 5.74) is 5.35. The molecule has 252 valence electrons. The van der Waals surface area contributed by atoms with Crippen LogP contribution in [-0.2, 0) is 23.8 Å². The lowest BCUT2D eigenvalue weighted by Crippen LogP contribution is -2.49. The molecule has 1 aromatic carbocycles. The molecular formula is C33H47N5O7S. The van der Waals surface area contributed by atoms with Crippen LogP contribution in [0, 0.1) is 19.8 Å². The number of carbonyl (C=O) groups excluding carboxylic acids is 2. The van der Waals surface area contributed by atoms with Gasteiger partial charge in [-0.3, -0.25) is 9.59 Å². The zero-order chi connectivity index (χ0) is 33.1. The highest BCUT2D eigenvalue weighted by atomic mass is 32.1. The molecule has 1 unspecified atom stereocenters. The molecule has 0 aliphatic carbocycles. The number of rotatable bonds is 18. The summed E-state index contributed by atoms with van der Waals surface area (Å²) in [6.45, 7) is 11.0. The van der Waals surface area contributed by atoms with Gasteiger partial charge in [0.15, 0.2) is 0 Å². The van der Waals surface area contributed by atoms with Gasteiger partial charge < -0.3 is 39.4 Å². The smallest absolute Gasteiger partial charge is 0.243 e. The molecule has 1 fully saturated rings. The minimum Gasteiger partial charge on any atom is -0.391 e. The van der Waals surface area contributed by atoms with E-state index in [1.165, 1.54) is 4.90 Å². The van der Waals surface area contributed by atoms with E-state index in [0.29, 0.717) is 44.5 Å². The Balaban J connectivity index is 1.44. The average molecular weight is 658 g/mol. The van der Waals surface area contributed by atoms with Crippen molar-refractivity contribution in [3.63, 3.8) is 0 Å². The van der Waals surface area contributed by atoms with Crippen LogP contribution in [-0.4, -0.2) is 104 Å². The first-order valence-corrected chi connectivity index (χ1v) is 16.7. The van der Waals surface area contributed by atoms with Crippen LogP contribution in [0.4, 0.5) is 0 Å². The summed E-state index contributed by atoms with van der Waals surface area (Å²) < 4.78 is 22.5. The summed E-state index contributed by atoms with van der Waals surface area (Å²) in [6.07, 6.45) is -0.681. The lowest BCUT2D eigenvalue weighted by Gasteiger charge is -2.30. The number of hydrogen-bond donors (Lipinski definition) is 3. The van der Waals surface area contributed by atoms with E-state index in [4.69, 9.17) is 18.7 Å². The van der Waals surface area contributed by atoms with E-state index in [0.717, 1.165) is 28.2 Å². The Morgan fingerprint density at radius 3 is 2.39 bits per heavy atom. The van der Waals surface area contributed by atoms with E-state index in [1.807, 2.05) is 57.6 Å². The van der Waals surface area contributed by atoms with Crippen LogP contribution in [0.1, 0.15) is 54.9 Å². The second-order valence-corrected chi connectivity index (χ2v) is 12.7. The highest BCUT2D eigenvalue weighted by Gasteiger charge is 2.43. The third kappa shape index (κ3) is 9.66. The molecule has 3 heterocycles. The fourth-order valence-electron chi connectivity index (χ4n) is 5.50. The Morgan fingerprint density at radius 1 is 1.09 bits per heavy atom. The van der Waals surface area contributed by atoms with Crippen LogP contribution in [0.5, 0.6) is 0 Å². The standard InChI is InChI=1S/C33H47N5O7S/c1-21(2)30(29-16-22(3)37-45-29)33(41)38-18-26(39)17-28(38)32(40)36-27(19-44-15-14-43-13-12-42-11-10-34-5)24-6-8-25(9-7-24)31-23(4)35-20-46-31/h6-9,16,20-21,26-28,30,34,39H,10-15,17-19H2,1-5H3,(H,36,40)/t26-,27+,28+,30?/m1/s1. The lowest BCUT2D eigenvalue weighted by molar-refractivity contribution is -0.141.